The largest absolute Gasteiger partial charge is 0.493 e. The lowest BCUT2D eigenvalue weighted by Crippen LogP contribution is -2.45. The third-order valence-electron chi connectivity index (χ3n) is 5.37. The number of benzene rings is 3. The van der Waals surface area contributed by atoms with Gasteiger partial charge in [0.1, 0.15) is 11.8 Å². The molecule has 3 rings (SSSR count). The van der Waals surface area contributed by atoms with E-state index in [2.05, 4.69) is 30.3 Å². The van der Waals surface area contributed by atoms with Crippen LogP contribution in [0.15, 0.2) is 72.8 Å². The third kappa shape index (κ3) is 7.39. The topological polar surface area (TPSA) is 65.0 Å². The Morgan fingerprint density at radius 3 is 2.27 bits per heavy atom. The van der Waals surface area contributed by atoms with E-state index in [1.165, 1.54) is 0 Å². The van der Waals surface area contributed by atoms with Gasteiger partial charge < -0.3 is 9.63 Å². The highest BCUT2D eigenvalue weighted by molar-refractivity contribution is 7.47. The number of phosphoric acid groups is 1. The molecule has 3 aromatic carbocycles. The number of ether oxygens (including phenoxy) is 1. The van der Waals surface area contributed by atoms with Crippen LogP contribution in [0.2, 0.25) is 0 Å². The molecule has 0 fully saturated rings. The van der Waals surface area contributed by atoms with Gasteiger partial charge in [0.25, 0.3) is 0 Å². The molecular weight excluding hydrogens is 437 g/mol. The van der Waals surface area contributed by atoms with Crippen LogP contribution in [0.4, 0.5) is 0 Å². The Balaban J connectivity index is 1.74. The van der Waals surface area contributed by atoms with E-state index in [9.17, 15) is 9.46 Å². The molecule has 2 atom stereocenters. The van der Waals surface area contributed by atoms with Gasteiger partial charge in [0.05, 0.1) is 26.3 Å². The Bertz CT molecular complexity index is 1090. The van der Waals surface area contributed by atoms with Crippen LogP contribution in [-0.4, -0.2) is 42.4 Å². The van der Waals surface area contributed by atoms with Crippen LogP contribution in [0.3, 0.4) is 0 Å². The highest BCUT2D eigenvalue weighted by Gasteiger charge is 2.36. The minimum absolute atomic E-state index is 0.0116. The maximum atomic E-state index is 12.4. The van der Waals surface area contributed by atoms with Gasteiger partial charge >= 0.3 is 7.82 Å². The van der Waals surface area contributed by atoms with Crippen LogP contribution < -0.4 is 4.74 Å². The second kappa shape index (κ2) is 10.4. The SMILES string of the molecule is CC(C)(C)OP(=O)(O)OC[N+](C)(C)C(CCOc1cccc2ccccc12)c1ccccc1. The maximum absolute atomic E-state index is 12.4. The molecule has 0 spiro atoms. The zero-order valence-corrected chi connectivity index (χ0v) is 21.0. The summed E-state index contributed by atoms with van der Waals surface area (Å²) in [5, 5.41) is 2.21. The molecule has 0 heterocycles. The normalized spacial score (nSPS) is 15.2. The van der Waals surface area contributed by atoms with Crippen molar-refractivity contribution in [2.45, 2.75) is 38.8 Å². The highest BCUT2D eigenvalue weighted by atomic mass is 31.2. The fourth-order valence-corrected chi connectivity index (χ4v) is 5.07. The van der Waals surface area contributed by atoms with Gasteiger partial charge in [-0.15, -0.1) is 0 Å². The first-order valence-corrected chi connectivity index (χ1v) is 12.6. The van der Waals surface area contributed by atoms with E-state index in [-0.39, 0.29) is 12.8 Å². The van der Waals surface area contributed by atoms with Gasteiger partial charge in [-0.25, -0.2) is 9.09 Å². The van der Waals surface area contributed by atoms with Gasteiger partial charge in [0.2, 0.25) is 0 Å². The zero-order chi connectivity index (χ0) is 24.1. The standard InChI is InChI=1S/C26H34NO5P/c1-26(2,3)32-33(28,29)31-20-27(4,5)24(22-13-7-6-8-14-22)18-19-30-25-17-11-15-21-12-9-10-16-23(21)25/h6-17,24H,18-20H2,1-5H3/p+1. The van der Waals surface area contributed by atoms with Crippen LogP contribution in [-0.2, 0) is 13.6 Å². The monoisotopic (exact) mass is 472 g/mol. The summed E-state index contributed by atoms with van der Waals surface area (Å²) in [5.74, 6) is 0.847. The van der Waals surface area contributed by atoms with Crippen LogP contribution in [0, 0.1) is 0 Å². The van der Waals surface area contributed by atoms with Crippen molar-refractivity contribution in [1.29, 1.82) is 0 Å². The predicted molar refractivity (Wildman–Crippen MR) is 132 cm³/mol. The summed E-state index contributed by atoms with van der Waals surface area (Å²) < 4.78 is 29.6. The number of rotatable bonds is 10. The van der Waals surface area contributed by atoms with Crippen LogP contribution >= 0.6 is 7.82 Å². The molecule has 0 aliphatic carbocycles. The predicted octanol–water partition coefficient (Wildman–Crippen LogP) is 6.32. The molecular formula is C26H35NO5P+. The van der Waals surface area contributed by atoms with Crippen molar-refractivity contribution < 1.29 is 27.7 Å². The molecule has 7 heteroatoms. The maximum Gasteiger partial charge on any atom is 0.477 e. The molecule has 6 nitrogen and oxygen atoms in total. The molecule has 0 aromatic heterocycles. The fraction of sp³-hybridized carbons (Fsp3) is 0.385. The number of nitrogens with zero attached hydrogens (tertiary/aromatic N) is 1. The lowest BCUT2D eigenvalue weighted by Gasteiger charge is -2.38. The van der Waals surface area contributed by atoms with Crippen molar-refractivity contribution >= 4 is 18.6 Å². The zero-order valence-electron chi connectivity index (χ0n) is 20.1. The molecule has 0 aliphatic heterocycles. The molecule has 2 unspecified atom stereocenters. The molecule has 0 saturated carbocycles. The van der Waals surface area contributed by atoms with Crippen LogP contribution in [0.25, 0.3) is 10.8 Å². The van der Waals surface area contributed by atoms with E-state index in [0.29, 0.717) is 17.5 Å². The molecule has 0 aliphatic rings. The van der Waals surface area contributed by atoms with E-state index >= 15 is 0 Å². The fourth-order valence-electron chi connectivity index (χ4n) is 3.88. The van der Waals surface area contributed by atoms with E-state index in [0.717, 1.165) is 22.1 Å². The van der Waals surface area contributed by atoms with Crippen LogP contribution in [0.5, 0.6) is 5.75 Å². The number of hydrogen-bond donors (Lipinski definition) is 1. The number of phosphoric ester groups is 1. The molecule has 178 valence electrons. The Morgan fingerprint density at radius 2 is 1.58 bits per heavy atom. The first kappa shape index (κ1) is 25.4. The first-order chi connectivity index (χ1) is 15.5. The summed E-state index contributed by atoms with van der Waals surface area (Å²) in [5.41, 5.74) is 0.323. The second-order valence-corrected chi connectivity index (χ2v) is 11.1. The van der Waals surface area contributed by atoms with Crippen molar-refractivity contribution in [1.82, 2.24) is 0 Å². The summed E-state index contributed by atoms with van der Waals surface area (Å²) in [6, 6.07) is 24.3. The van der Waals surface area contributed by atoms with Crippen molar-refractivity contribution in [2.75, 3.05) is 27.4 Å². The lowest BCUT2D eigenvalue weighted by molar-refractivity contribution is -0.936. The van der Waals surface area contributed by atoms with Gasteiger partial charge in [0, 0.05) is 17.4 Å². The van der Waals surface area contributed by atoms with Crippen LogP contribution in [0.1, 0.15) is 38.8 Å². The summed E-state index contributed by atoms with van der Waals surface area (Å²) in [4.78, 5) is 10.2. The smallest absolute Gasteiger partial charge is 0.477 e. The number of hydrogen-bond acceptors (Lipinski definition) is 4. The van der Waals surface area contributed by atoms with E-state index in [4.69, 9.17) is 13.8 Å². The number of fused-ring (bicyclic) bond motifs is 1. The van der Waals surface area contributed by atoms with Gasteiger partial charge in [0.15, 0.2) is 6.73 Å². The van der Waals surface area contributed by atoms with E-state index < -0.39 is 13.4 Å². The van der Waals surface area contributed by atoms with E-state index in [1.807, 2.05) is 56.6 Å². The average molecular weight is 473 g/mol. The summed E-state index contributed by atoms with van der Waals surface area (Å²) in [7, 11) is -0.232. The summed E-state index contributed by atoms with van der Waals surface area (Å²) in [6.45, 7) is 5.66. The second-order valence-electron chi connectivity index (χ2n) is 9.75. The van der Waals surface area contributed by atoms with Crippen molar-refractivity contribution in [2.24, 2.45) is 0 Å². The van der Waals surface area contributed by atoms with Crippen molar-refractivity contribution in [3.63, 3.8) is 0 Å². The van der Waals surface area contributed by atoms with Gasteiger partial charge in [-0.1, -0.05) is 66.7 Å². The minimum Gasteiger partial charge on any atom is -0.493 e. The molecule has 0 radical (unpaired) electrons. The summed E-state index contributed by atoms with van der Waals surface area (Å²) >= 11 is 0. The van der Waals surface area contributed by atoms with Gasteiger partial charge in [-0.05, 0) is 32.2 Å². The summed E-state index contributed by atoms with van der Waals surface area (Å²) in [6.07, 6.45) is 0.694. The third-order valence-corrected chi connectivity index (χ3v) is 6.59. The Labute approximate surface area is 196 Å². The van der Waals surface area contributed by atoms with Gasteiger partial charge in [-0.3, -0.25) is 9.01 Å². The number of quaternary nitrogens is 1. The van der Waals surface area contributed by atoms with Crippen molar-refractivity contribution in [3.8, 4) is 5.75 Å². The lowest BCUT2D eigenvalue weighted by atomic mass is 10.0. The molecule has 0 bridgehead atoms. The van der Waals surface area contributed by atoms with E-state index in [1.54, 1.807) is 20.8 Å². The van der Waals surface area contributed by atoms with Gasteiger partial charge in [-0.2, -0.15) is 0 Å². The Morgan fingerprint density at radius 1 is 0.939 bits per heavy atom. The molecule has 33 heavy (non-hydrogen) atoms. The Kier molecular flexibility index (Phi) is 7.99. The minimum atomic E-state index is -4.19. The van der Waals surface area contributed by atoms with Crippen molar-refractivity contribution in [3.05, 3.63) is 78.4 Å². The molecule has 3 aromatic rings. The average Bonchev–Trinajstić information content (AvgIpc) is 2.74. The Hall–Kier alpha value is -2.21. The molecule has 0 amide bonds. The molecule has 0 saturated heterocycles. The quantitative estimate of drug-likeness (QED) is 0.213. The molecule has 1 N–H and O–H groups in total. The first-order valence-electron chi connectivity index (χ1n) is 11.1. The highest BCUT2D eigenvalue weighted by Crippen LogP contribution is 2.48.